The minimum atomic E-state index is -1.46. The van der Waals surface area contributed by atoms with Crippen molar-refractivity contribution in [1.82, 2.24) is 15.5 Å². The minimum Gasteiger partial charge on any atom is -0.328 e. The zero-order chi connectivity index (χ0) is 16.2. The second-order valence-electron chi connectivity index (χ2n) is 6.40. The molecule has 1 aromatic rings. The van der Waals surface area contributed by atoms with E-state index in [0.29, 0.717) is 12.1 Å². The molecule has 4 rings (SSSR count). The molecule has 0 saturated carbocycles. The molecule has 0 bridgehead atoms. The Balaban J connectivity index is 1.69. The van der Waals surface area contributed by atoms with Crippen LogP contribution in [0.5, 0.6) is 0 Å². The second kappa shape index (κ2) is 4.93. The molecule has 2 N–H and O–H groups in total. The Kier molecular flexibility index (Phi) is 3.09. The van der Waals surface area contributed by atoms with Gasteiger partial charge in [0, 0.05) is 25.1 Å². The summed E-state index contributed by atoms with van der Waals surface area (Å²) >= 11 is 0. The molecule has 1 saturated heterocycles. The van der Waals surface area contributed by atoms with Crippen molar-refractivity contribution in [3.63, 3.8) is 0 Å². The maximum absolute atomic E-state index is 12.8. The SMILES string of the molecule is [B]C1(N2Cc3cc4c(cc3C2=O)CNCC4)CCC(=O)NC1=O. The van der Waals surface area contributed by atoms with Crippen LogP contribution >= 0.6 is 0 Å². The molecule has 1 fully saturated rings. The van der Waals surface area contributed by atoms with Crippen molar-refractivity contribution in [1.29, 1.82) is 0 Å². The number of imide groups is 1. The first-order valence-electron chi connectivity index (χ1n) is 7.79. The molecular weight excluding hydrogens is 293 g/mol. The Morgan fingerprint density at radius 1 is 1.09 bits per heavy atom. The highest BCUT2D eigenvalue weighted by molar-refractivity contribution is 6.32. The van der Waals surface area contributed by atoms with E-state index in [4.69, 9.17) is 7.85 Å². The Hall–Kier alpha value is -2.15. The molecule has 1 unspecified atom stereocenters. The van der Waals surface area contributed by atoms with Gasteiger partial charge in [0.25, 0.3) is 5.91 Å². The summed E-state index contributed by atoms with van der Waals surface area (Å²) in [5.41, 5.74) is 2.43. The van der Waals surface area contributed by atoms with E-state index >= 15 is 0 Å². The van der Waals surface area contributed by atoms with Crippen molar-refractivity contribution in [3.8, 4) is 0 Å². The van der Waals surface area contributed by atoms with Gasteiger partial charge >= 0.3 is 0 Å². The average molecular weight is 309 g/mol. The van der Waals surface area contributed by atoms with E-state index in [1.165, 1.54) is 10.5 Å². The summed E-state index contributed by atoms with van der Waals surface area (Å²) in [6, 6.07) is 3.97. The van der Waals surface area contributed by atoms with Crippen molar-refractivity contribution in [2.45, 2.75) is 37.8 Å². The van der Waals surface area contributed by atoms with Crippen LogP contribution < -0.4 is 10.6 Å². The molecule has 7 heteroatoms. The number of carbonyl (C=O) groups is 3. The quantitative estimate of drug-likeness (QED) is 0.546. The van der Waals surface area contributed by atoms with Crippen LogP contribution in [-0.2, 0) is 29.1 Å². The number of piperidine rings is 1. The average Bonchev–Trinajstić information content (AvgIpc) is 2.86. The van der Waals surface area contributed by atoms with E-state index < -0.39 is 11.3 Å². The molecule has 6 nitrogen and oxygen atoms in total. The van der Waals surface area contributed by atoms with Gasteiger partial charge < -0.3 is 10.2 Å². The van der Waals surface area contributed by atoms with E-state index in [9.17, 15) is 14.4 Å². The zero-order valence-corrected chi connectivity index (χ0v) is 12.6. The van der Waals surface area contributed by atoms with Gasteiger partial charge in [0.05, 0.1) is 5.44 Å². The van der Waals surface area contributed by atoms with Crippen LogP contribution in [0.25, 0.3) is 0 Å². The van der Waals surface area contributed by atoms with Gasteiger partial charge in [-0.15, -0.1) is 0 Å². The molecule has 1 aromatic carbocycles. The van der Waals surface area contributed by atoms with E-state index in [0.717, 1.165) is 30.6 Å². The van der Waals surface area contributed by atoms with Crippen LogP contribution in [0.15, 0.2) is 12.1 Å². The molecule has 0 aromatic heterocycles. The topological polar surface area (TPSA) is 78.5 Å². The van der Waals surface area contributed by atoms with Gasteiger partial charge in [-0.1, -0.05) is 6.07 Å². The highest BCUT2D eigenvalue weighted by Gasteiger charge is 2.47. The molecule has 2 radical (unpaired) electrons. The molecule has 3 aliphatic rings. The summed E-state index contributed by atoms with van der Waals surface area (Å²) in [6.45, 7) is 1.99. The van der Waals surface area contributed by atoms with Crippen LogP contribution in [0.1, 0.15) is 39.9 Å². The van der Waals surface area contributed by atoms with Crippen LogP contribution in [0.2, 0.25) is 0 Å². The van der Waals surface area contributed by atoms with E-state index in [1.54, 1.807) is 0 Å². The fourth-order valence-electron chi connectivity index (χ4n) is 3.60. The van der Waals surface area contributed by atoms with E-state index in [-0.39, 0.29) is 24.7 Å². The third kappa shape index (κ3) is 2.10. The minimum absolute atomic E-state index is 0.142. The number of nitrogens with zero attached hydrogens (tertiary/aromatic N) is 1. The summed E-state index contributed by atoms with van der Waals surface area (Å²) in [4.78, 5) is 37.7. The van der Waals surface area contributed by atoms with Crippen LogP contribution in [-0.4, -0.2) is 42.5 Å². The highest BCUT2D eigenvalue weighted by Crippen LogP contribution is 2.34. The number of carbonyl (C=O) groups excluding carboxylic acids is 3. The normalized spacial score (nSPS) is 26.8. The van der Waals surface area contributed by atoms with Gasteiger partial charge in [-0.05, 0) is 42.1 Å². The first-order chi connectivity index (χ1) is 11.0. The number of benzene rings is 1. The van der Waals surface area contributed by atoms with Crippen molar-refractivity contribution >= 4 is 25.6 Å². The molecule has 23 heavy (non-hydrogen) atoms. The predicted octanol–water partition coefficient (Wildman–Crippen LogP) is -0.410. The number of hydrogen-bond donors (Lipinski definition) is 2. The Labute approximate surface area is 135 Å². The zero-order valence-electron chi connectivity index (χ0n) is 12.6. The van der Waals surface area contributed by atoms with Gasteiger partial charge in [-0.25, -0.2) is 0 Å². The Bertz CT molecular complexity index is 748. The van der Waals surface area contributed by atoms with Crippen molar-refractivity contribution in [2.24, 2.45) is 0 Å². The van der Waals surface area contributed by atoms with Crippen LogP contribution in [0, 0.1) is 0 Å². The monoisotopic (exact) mass is 309 g/mol. The third-order valence-corrected chi connectivity index (χ3v) is 4.98. The maximum Gasteiger partial charge on any atom is 0.254 e. The number of nitrogens with one attached hydrogen (secondary N) is 2. The lowest BCUT2D eigenvalue weighted by Crippen LogP contribution is -2.63. The van der Waals surface area contributed by atoms with Crippen molar-refractivity contribution in [2.75, 3.05) is 6.54 Å². The smallest absolute Gasteiger partial charge is 0.254 e. The van der Waals surface area contributed by atoms with Gasteiger partial charge in [0.2, 0.25) is 11.8 Å². The number of amides is 3. The molecule has 0 spiro atoms. The lowest BCUT2D eigenvalue weighted by molar-refractivity contribution is -0.138. The summed E-state index contributed by atoms with van der Waals surface area (Å²) in [5, 5.41) is 5.53. The predicted molar refractivity (Wildman–Crippen MR) is 82.6 cm³/mol. The molecule has 0 aliphatic carbocycles. The van der Waals surface area contributed by atoms with Crippen molar-refractivity contribution in [3.05, 3.63) is 34.4 Å². The molecular formula is C16H16BN3O3. The summed E-state index contributed by atoms with van der Waals surface area (Å²) in [5.74, 6) is -1.18. The molecule has 3 aliphatic heterocycles. The first kappa shape index (κ1) is 14.4. The van der Waals surface area contributed by atoms with Crippen molar-refractivity contribution < 1.29 is 14.4 Å². The Morgan fingerprint density at radius 3 is 2.70 bits per heavy atom. The number of fused-ring (bicyclic) bond motifs is 2. The summed E-state index contributed by atoms with van der Waals surface area (Å²) in [7, 11) is 6.22. The summed E-state index contributed by atoms with van der Waals surface area (Å²) in [6.07, 6.45) is 1.22. The highest BCUT2D eigenvalue weighted by atomic mass is 16.2. The first-order valence-corrected chi connectivity index (χ1v) is 7.79. The Morgan fingerprint density at radius 2 is 1.91 bits per heavy atom. The third-order valence-electron chi connectivity index (χ3n) is 4.98. The maximum atomic E-state index is 12.8. The molecule has 1 atom stereocenters. The fraction of sp³-hybridized carbons (Fsp3) is 0.438. The largest absolute Gasteiger partial charge is 0.328 e. The van der Waals surface area contributed by atoms with Crippen LogP contribution in [0.4, 0.5) is 0 Å². The fourth-order valence-corrected chi connectivity index (χ4v) is 3.60. The molecule has 3 amide bonds. The molecule has 3 heterocycles. The van der Waals surface area contributed by atoms with Gasteiger partial charge in [0.1, 0.15) is 7.85 Å². The number of rotatable bonds is 1. The van der Waals surface area contributed by atoms with Crippen LogP contribution in [0.3, 0.4) is 0 Å². The summed E-state index contributed by atoms with van der Waals surface area (Å²) < 4.78 is 0. The van der Waals surface area contributed by atoms with E-state index in [2.05, 4.69) is 16.7 Å². The molecule has 116 valence electrons. The van der Waals surface area contributed by atoms with E-state index in [1.807, 2.05) is 6.07 Å². The lowest BCUT2D eigenvalue weighted by atomic mass is 9.70. The van der Waals surface area contributed by atoms with Gasteiger partial charge in [0.15, 0.2) is 0 Å². The number of hydrogen-bond acceptors (Lipinski definition) is 4. The lowest BCUT2D eigenvalue weighted by Gasteiger charge is -2.40. The van der Waals surface area contributed by atoms with Gasteiger partial charge in [-0.3, -0.25) is 19.7 Å². The second-order valence-corrected chi connectivity index (χ2v) is 6.40. The standard InChI is InChI=1S/C16H16BN3O3/c17-16(3-1-13(21)19-15(16)23)20-8-11-5-9-2-4-18-7-10(9)6-12(11)14(20)22/h5-6,18H,1-4,7-8H2,(H,19,21,23). The van der Waals surface area contributed by atoms with Gasteiger partial charge in [-0.2, -0.15) is 0 Å².